The van der Waals surface area contributed by atoms with E-state index in [1.807, 2.05) is 4.90 Å². The van der Waals surface area contributed by atoms with E-state index < -0.39 is 58.1 Å². The van der Waals surface area contributed by atoms with Crippen molar-refractivity contribution in [2.45, 2.75) is 50.5 Å². The van der Waals surface area contributed by atoms with Gasteiger partial charge in [0.25, 0.3) is 0 Å². The van der Waals surface area contributed by atoms with E-state index in [1.165, 1.54) is 57.0 Å². The predicted molar refractivity (Wildman–Crippen MR) is 150 cm³/mol. The van der Waals surface area contributed by atoms with Crippen molar-refractivity contribution in [2.24, 2.45) is 0 Å². The van der Waals surface area contributed by atoms with Gasteiger partial charge in [0.05, 0.1) is 29.1 Å². The molecule has 2 aliphatic rings. The maximum absolute atomic E-state index is 13.9. The van der Waals surface area contributed by atoms with Crippen LogP contribution in [0.3, 0.4) is 0 Å². The third kappa shape index (κ3) is 7.59. The number of carbonyl (C=O) groups excluding carboxylic acids is 3. The topological polar surface area (TPSA) is 64.2 Å². The van der Waals surface area contributed by atoms with Crippen LogP contribution in [0.15, 0.2) is 42.5 Å². The van der Waals surface area contributed by atoms with E-state index in [0.29, 0.717) is 43.9 Å². The molecule has 0 radical (unpaired) electrons. The number of likely N-dealkylation sites (tertiary alicyclic amines) is 1. The summed E-state index contributed by atoms with van der Waals surface area (Å²) >= 11 is 0. The molecule has 0 unspecified atom stereocenters. The van der Waals surface area contributed by atoms with Crippen LogP contribution in [0.4, 0.5) is 30.7 Å². The second-order valence-electron chi connectivity index (χ2n) is 12.1. The average Bonchev–Trinajstić information content (AvgIpc) is 3.41. The predicted octanol–water partition coefficient (Wildman–Crippen LogP) is 4.76. The molecule has 45 heavy (non-hydrogen) atoms. The van der Waals surface area contributed by atoms with Gasteiger partial charge in [-0.05, 0) is 55.3 Å². The Labute approximate surface area is 256 Å². The van der Waals surface area contributed by atoms with Crippen LogP contribution in [-0.4, -0.2) is 96.2 Å². The van der Waals surface area contributed by atoms with Crippen molar-refractivity contribution in [3.05, 3.63) is 70.5 Å². The summed E-state index contributed by atoms with van der Waals surface area (Å²) in [5.74, 6) is -2.06. The van der Waals surface area contributed by atoms with Crippen molar-refractivity contribution in [1.29, 1.82) is 0 Å². The van der Waals surface area contributed by atoms with Crippen LogP contribution in [0.25, 0.3) is 0 Å². The molecule has 2 atom stereocenters. The Bertz CT molecular complexity index is 1390. The van der Waals surface area contributed by atoms with Crippen LogP contribution in [0.2, 0.25) is 0 Å². The molecule has 7 nitrogen and oxygen atoms in total. The molecule has 0 aromatic heterocycles. The Morgan fingerprint density at radius 1 is 0.800 bits per heavy atom. The molecule has 246 valence electrons. The maximum atomic E-state index is 13.9. The third-order valence-electron chi connectivity index (χ3n) is 8.78. The number of hydrogen-bond donors (Lipinski definition) is 0. The van der Waals surface area contributed by atoms with E-state index >= 15 is 0 Å². The van der Waals surface area contributed by atoms with Crippen molar-refractivity contribution in [2.75, 3.05) is 52.9 Å². The first-order valence-electron chi connectivity index (χ1n) is 14.4. The highest BCUT2D eigenvalue weighted by Crippen LogP contribution is 2.40. The summed E-state index contributed by atoms with van der Waals surface area (Å²) in [6.45, 7) is 6.18. The standard InChI is InChI=1S/C31H35F7N4O3/c1-19(43)41-11-9-40(10-12-41)18-27(44)42-16-25(20-5-7-24(32)8-6-20)26(17-42)39(4)28(45)29(2,3)21-13-22(30(33,34)35)15-23(14-21)31(36,37)38/h5-8,13-15,25-26H,9-12,16-18H2,1-4H3/t25-,26+/m0/s1. The maximum Gasteiger partial charge on any atom is 0.416 e. The minimum absolute atomic E-state index is 0.0127. The van der Waals surface area contributed by atoms with Crippen LogP contribution in [0.1, 0.15) is 48.9 Å². The Morgan fingerprint density at radius 3 is 1.80 bits per heavy atom. The summed E-state index contributed by atoms with van der Waals surface area (Å²) in [6, 6.07) is 5.91. The highest BCUT2D eigenvalue weighted by molar-refractivity contribution is 5.88. The van der Waals surface area contributed by atoms with Crippen LogP contribution < -0.4 is 0 Å². The van der Waals surface area contributed by atoms with Crippen LogP contribution in [-0.2, 0) is 32.2 Å². The number of piperazine rings is 1. The Balaban J connectivity index is 1.61. The second-order valence-corrected chi connectivity index (χ2v) is 12.1. The van der Waals surface area contributed by atoms with Gasteiger partial charge in [-0.25, -0.2) is 4.39 Å². The molecule has 2 aromatic carbocycles. The fourth-order valence-corrected chi connectivity index (χ4v) is 5.96. The number of benzene rings is 2. The average molecular weight is 645 g/mol. The van der Waals surface area contributed by atoms with E-state index in [1.54, 1.807) is 9.80 Å². The SMILES string of the molecule is CC(=O)N1CCN(CC(=O)N2C[C@@H](N(C)C(=O)C(C)(C)c3cc(C(F)(F)F)cc(C(F)(F)F)c3)[C@H](c3ccc(F)cc3)C2)CC1. The first kappa shape index (κ1) is 34.2. The van der Waals surface area contributed by atoms with Crippen LogP contribution >= 0.6 is 0 Å². The number of carbonyl (C=O) groups is 3. The normalized spacial score (nSPS) is 20.0. The van der Waals surface area contributed by atoms with E-state index in [4.69, 9.17) is 0 Å². The molecule has 0 bridgehead atoms. The van der Waals surface area contributed by atoms with Gasteiger partial charge in [0, 0.05) is 59.2 Å². The van der Waals surface area contributed by atoms with Gasteiger partial charge in [-0.1, -0.05) is 12.1 Å². The van der Waals surface area contributed by atoms with Gasteiger partial charge in [0.15, 0.2) is 0 Å². The lowest BCUT2D eigenvalue weighted by molar-refractivity contribution is -0.144. The summed E-state index contributed by atoms with van der Waals surface area (Å²) in [6.07, 6.45) is -10.2. The fourth-order valence-electron chi connectivity index (χ4n) is 5.96. The van der Waals surface area contributed by atoms with Crippen molar-refractivity contribution in [3.8, 4) is 0 Å². The highest BCUT2D eigenvalue weighted by Gasteiger charge is 2.45. The number of alkyl halides is 6. The number of amides is 3. The summed E-state index contributed by atoms with van der Waals surface area (Å²) in [4.78, 5) is 45.4. The lowest BCUT2D eigenvalue weighted by Gasteiger charge is -2.36. The summed E-state index contributed by atoms with van der Waals surface area (Å²) in [7, 11) is 1.40. The van der Waals surface area contributed by atoms with Gasteiger partial charge in [0.2, 0.25) is 17.7 Å². The first-order chi connectivity index (χ1) is 20.8. The van der Waals surface area contributed by atoms with Gasteiger partial charge in [-0.3, -0.25) is 19.3 Å². The van der Waals surface area contributed by atoms with E-state index in [-0.39, 0.29) is 37.5 Å². The molecule has 0 saturated carbocycles. The highest BCUT2D eigenvalue weighted by atomic mass is 19.4. The van der Waals surface area contributed by atoms with E-state index in [2.05, 4.69) is 0 Å². The number of likely N-dealkylation sites (N-methyl/N-ethyl adjacent to an activating group) is 1. The smallest absolute Gasteiger partial charge is 0.340 e. The zero-order valence-corrected chi connectivity index (χ0v) is 25.3. The number of nitrogens with zero attached hydrogens (tertiary/aromatic N) is 4. The molecule has 2 aromatic rings. The third-order valence-corrected chi connectivity index (χ3v) is 8.78. The van der Waals surface area contributed by atoms with Gasteiger partial charge in [-0.15, -0.1) is 0 Å². The van der Waals surface area contributed by atoms with E-state index in [0.717, 1.165) is 0 Å². The summed E-state index contributed by atoms with van der Waals surface area (Å²) in [5, 5.41) is 0. The monoisotopic (exact) mass is 644 g/mol. The van der Waals surface area contributed by atoms with Gasteiger partial charge < -0.3 is 14.7 Å². The van der Waals surface area contributed by atoms with Crippen molar-refractivity contribution < 1.29 is 45.1 Å². The molecule has 0 N–H and O–H groups in total. The second kappa shape index (κ2) is 12.6. The molecule has 2 fully saturated rings. The number of halogens is 7. The lowest BCUT2D eigenvalue weighted by Crippen LogP contribution is -2.51. The molecule has 2 heterocycles. The number of rotatable bonds is 6. The molecule has 3 amide bonds. The van der Waals surface area contributed by atoms with Gasteiger partial charge in [0.1, 0.15) is 5.82 Å². The molecule has 0 aliphatic carbocycles. The van der Waals surface area contributed by atoms with Crippen molar-refractivity contribution in [3.63, 3.8) is 0 Å². The van der Waals surface area contributed by atoms with Gasteiger partial charge in [-0.2, -0.15) is 26.3 Å². The Hall–Kier alpha value is -3.68. The quantitative estimate of drug-likeness (QED) is 0.426. The largest absolute Gasteiger partial charge is 0.416 e. The molecular formula is C31H35F7N4O3. The van der Waals surface area contributed by atoms with Crippen LogP contribution in [0, 0.1) is 5.82 Å². The Morgan fingerprint density at radius 2 is 1.31 bits per heavy atom. The fraction of sp³-hybridized carbons (Fsp3) is 0.516. The minimum Gasteiger partial charge on any atom is -0.340 e. The molecule has 0 spiro atoms. The molecular weight excluding hydrogens is 609 g/mol. The molecule has 2 aliphatic heterocycles. The molecule has 4 rings (SSSR count). The van der Waals surface area contributed by atoms with Gasteiger partial charge >= 0.3 is 12.4 Å². The van der Waals surface area contributed by atoms with Crippen molar-refractivity contribution >= 4 is 17.7 Å². The first-order valence-corrected chi connectivity index (χ1v) is 14.4. The van der Waals surface area contributed by atoms with E-state index in [9.17, 15) is 45.1 Å². The lowest BCUT2D eigenvalue weighted by atomic mass is 9.80. The van der Waals surface area contributed by atoms with Crippen molar-refractivity contribution in [1.82, 2.24) is 19.6 Å². The molecule has 14 heteroatoms. The number of hydrogen-bond acceptors (Lipinski definition) is 4. The Kier molecular flexibility index (Phi) is 9.58. The molecule has 2 saturated heterocycles. The zero-order valence-electron chi connectivity index (χ0n) is 25.3. The zero-order chi connectivity index (χ0) is 33.5. The summed E-state index contributed by atoms with van der Waals surface area (Å²) in [5.41, 5.74) is -4.72. The minimum atomic E-state index is -5.08. The van der Waals surface area contributed by atoms with Crippen LogP contribution in [0.5, 0.6) is 0 Å². The summed E-state index contributed by atoms with van der Waals surface area (Å²) < 4.78 is 95.3.